The lowest BCUT2D eigenvalue weighted by Crippen LogP contribution is -2.18. The van der Waals surface area contributed by atoms with Gasteiger partial charge >= 0.3 is 0 Å². The van der Waals surface area contributed by atoms with Gasteiger partial charge in [-0.1, -0.05) is 5.92 Å². The molecule has 3 rings (SSSR count). The fourth-order valence-electron chi connectivity index (χ4n) is 3.09. The van der Waals surface area contributed by atoms with Crippen LogP contribution in [0.4, 0.5) is 5.69 Å². The molecular weight excluding hydrogens is 300 g/mol. The Morgan fingerprint density at radius 3 is 2.75 bits per heavy atom. The van der Waals surface area contributed by atoms with Crippen LogP contribution in [0.1, 0.15) is 25.5 Å². The number of pyridine rings is 1. The number of nitrogens with one attached hydrogen (secondary N) is 1. The Bertz CT molecular complexity index is 919. The highest BCUT2D eigenvalue weighted by atomic mass is 16.3. The first kappa shape index (κ1) is 15.9. The molecule has 0 bridgehead atoms. The molecule has 0 radical (unpaired) electrons. The average Bonchev–Trinajstić information content (AvgIpc) is 3.09. The van der Waals surface area contributed by atoms with Gasteiger partial charge < -0.3 is 15.0 Å². The van der Waals surface area contributed by atoms with E-state index in [0.717, 1.165) is 24.3 Å². The minimum Gasteiger partial charge on any atom is -0.512 e. The number of nitrogens with zero attached hydrogens (tertiary/aromatic N) is 1. The lowest BCUT2D eigenvalue weighted by atomic mass is 10.1. The molecule has 2 N–H and O–H groups in total. The van der Waals surface area contributed by atoms with Gasteiger partial charge in [0.25, 0.3) is 0 Å². The van der Waals surface area contributed by atoms with Gasteiger partial charge in [-0.2, -0.15) is 0 Å². The van der Waals surface area contributed by atoms with Crippen LogP contribution in [0.5, 0.6) is 0 Å². The van der Waals surface area contributed by atoms with E-state index in [1.807, 2.05) is 18.2 Å². The smallest absolute Gasteiger partial charge is 0.190 e. The Kier molecular flexibility index (Phi) is 4.43. The molecule has 0 aliphatic carbocycles. The second-order valence-corrected chi connectivity index (χ2v) is 5.97. The van der Waals surface area contributed by atoms with E-state index >= 15 is 0 Å². The Morgan fingerprint density at radius 2 is 2.08 bits per heavy atom. The minimum atomic E-state index is -0.0762. The largest absolute Gasteiger partial charge is 0.512 e. The highest BCUT2D eigenvalue weighted by molar-refractivity contribution is 5.85. The van der Waals surface area contributed by atoms with Crippen molar-refractivity contribution >= 4 is 22.2 Å². The van der Waals surface area contributed by atoms with Crippen LogP contribution in [-0.4, -0.2) is 23.2 Å². The van der Waals surface area contributed by atoms with Crippen molar-refractivity contribution < 1.29 is 5.11 Å². The quantitative estimate of drug-likeness (QED) is 0.516. The molecule has 4 nitrogen and oxygen atoms in total. The molecule has 0 spiro atoms. The van der Waals surface area contributed by atoms with Crippen LogP contribution in [0.15, 0.2) is 47.0 Å². The number of fused-ring (bicyclic) bond motifs is 1. The molecule has 0 atom stereocenters. The number of hydrogen-bond donors (Lipinski definition) is 2. The first-order valence-electron chi connectivity index (χ1n) is 8.05. The fourth-order valence-corrected chi connectivity index (χ4v) is 3.09. The van der Waals surface area contributed by atoms with Crippen LogP contribution in [0.2, 0.25) is 0 Å². The van der Waals surface area contributed by atoms with Crippen LogP contribution in [-0.2, 0) is 0 Å². The van der Waals surface area contributed by atoms with E-state index in [9.17, 15) is 9.90 Å². The zero-order valence-electron chi connectivity index (χ0n) is 13.7. The second-order valence-electron chi connectivity index (χ2n) is 5.97. The number of allylic oxidation sites excluding steroid dienone is 4. The molecule has 0 amide bonds. The van der Waals surface area contributed by atoms with Crippen molar-refractivity contribution in [3.05, 3.63) is 58.1 Å². The number of anilines is 1. The van der Waals surface area contributed by atoms with E-state index in [2.05, 4.69) is 15.8 Å². The summed E-state index contributed by atoms with van der Waals surface area (Å²) in [5.41, 5.74) is 2.81. The summed E-state index contributed by atoms with van der Waals surface area (Å²) in [6, 6.07) is 7.39. The van der Waals surface area contributed by atoms with E-state index < -0.39 is 0 Å². The lowest BCUT2D eigenvalue weighted by molar-refractivity contribution is 0.417. The van der Waals surface area contributed by atoms with Crippen LogP contribution in [0, 0.1) is 12.3 Å². The summed E-state index contributed by atoms with van der Waals surface area (Å²) in [7, 11) is 0. The third-order valence-electron chi connectivity index (χ3n) is 4.31. The van der Waals surface area contributed by atoms with Crippen LogP contribution >= 0.6 is 0 Å². The Morgan fingerprint density at radius 1 is 1.33 bits per heavy atom. The molecular formula is C20H20N2O2. The molecule has 1 fully saturated rings. The maximum atomic E-state index is 12.6. The number of hydrogen-bond acceptors (Lipinski definition) is 3. The van der Waals surface area contributed by atoms with Gasteiger partial charge in [0, 0.05) is 41.3 Å². The molecule has 2 heterocycles. The summed E-state index contributed by atoms with van der Waals surface area (Å²) in [6.45, 7) is 3.64. The fraction of sp³-hybridized carbons (Fsp3) is 0.250. The SMILES string of the molecule is C#C/C=C\C(=C(/C)O)c1cc(=O)c2cc(N3CCCC3)ccc2[nH]1. The summed E-state index contributed by atoms with van der Waals surface area (Å²) in [4.78, 5) is 18.1. The van der Waals surface area contributed by atoms with Gasteiger partial charge in [0.1, 0.15) is 0 Å². The monoisotopic (exact) mass is 320 g/mol. The van der Waals surface area contributed by atoms with E-state index in [1.165, 1.54) is 25.0 Å². The first-order valence-corrected chi connectivity index (χ1v) is 8.05. The molecule has 0 saturated carbocycles. The van der Waals surface area contributed by atoms with Gasteiger partial charge in [0.15, 0.2) is 5.43 Å². The molecule has 1 aromatic carbocycles. The van der Waals surface area contributed by atoms with Crippen molar-refractivity contribution in [2.75, 3.05) is 18.0 Å². The first-order chi connectivity index (χ1) is 11.6. The topological polar surface area (TPSA) is 56.3 Å². The molecule has 2 aromatic rings. The van der Waals surface area contributed by atoms with Crippen LogP contribution in [0.3, 0.4) is 0 Å². The van der Waals surface area contributed by atoms with Gasteiger partial charge in [-0.3, -0.25) is 4.79 Å². The molecule has 122 valence electrons. The minimum absolute atomic E-state index is 0.0762. The predicted octanol–water partition coefficient (Wildman–Crippen LogP) is 3.61. The normalized spacial score (nSPS) is 15.8. The third-order valence-corrected chi connectivity index (χ3v) is 4.31. The zero-order chi connectivity index (χ0) is 17.1. The molecule has 4 heteroatoms. The molecule has 24 heavy (non-hydrogen) atoms. The van der Waals surface area contributed by atoms with E-state index in [4.69, 9.17) is 6.42 Å². The highest BCUT2D eigenvalue weighted by Gasteiger charge is 2.14. The van der Waals surface area contributed by atoms with Crippen molar-refractivity contribution in [1.82, 2.24) is 4.98 Å². The number of aliphatic hydroxyl groups is 1. The summed E-state index contributed by atoms with van der Waals surface area (Å²) in [5.74, 6) is 2.49. The lowest BCUT2D eigenvalue weighted by Gasteiger charge is -2.18. The average molecular weight is 320 g/mol. The van der Waals surface area contributed by atoms with Gasteiger partial charge in [0.2, 0.25) is 0 Å². The summed E-state index contributed by atoms with van der Waals surface area (Å²) >= 11 is 0. The number of aliphatic hydroxyl groups excluding tert-OH is 1. The molecule has 1 aliphatic heterocycles. The van der Waals surface area contributed by atoms with Gasteiger partial charge in [-0.05, 0) is 50.1 Å². The van der Waals surface area contributed by atoms with Crippen molar-refractivity contribution in [3.63, 3.8) is 0 Å². The summed E-state index contributed by atoms with van der Waals surface area (Å²) < 4.78 is 0. The van der Waals surface area contributed by atoms with Gasteiger partial charge in [-0.25, -0.2) is 0 Å². The van der Waals surface area contributed by atoms with Crippen molar-refractivity contribution in [2.45, 2.75) is 19.8 Å². The summed E-state index contributed by atoms with van der Waals surface area (Å²) in [5, 5.41) is 10.5. The molecule has 1 aromatic heterocycles. The van der Waals surface area contributed by atoms with Crippen LogP contribution < -0.4 is 10.3 Å². The highest BCUT2D eigenvalue weighted by Crippen LogP contribution is 2.24. The van der Waals surface area contributed by atoms with Crippen LogP contribution in [0.25, 0.3) is 16.5 Å². The number of H-pyrrole nitrogens is 1. The molecule has 1 saturated heterocycles. The number of rotatable bonds is 3. The predicted molar refractivity (Wildman–Crippen MR) is 99.2 cm³/mol. The second kappa shape index (κ2) is 6.67. The van der Waals surface area contributed by atoms with Crippen molar-refractivity contribution in [3.8, 4) is 12.3 Å². The standard InChI is InChI=1S/C20H20N2O2/c1-3-4-7-16(14(2)23)19-13-20(24)17-12-15(8-9-18(17)21-19)22-10-5-6-11-22/h1,4,7-9,12-13,23H,5-6,10-11H2,2H3,(H,21,24)/b7-4-,16-14-. The molecule has 0 unspecified atom stereocenters. The Hall–Kier alpha value is -2.93. The van der Waals surface area contributed by atoms with E-state index in [0.29, 0.717) is 16.7 Å². The number of aromatic nitrogens is 1. The number of benzene rings is 1. The number of terminal acetylenes is 1. The van der Waals surface area contributed by atoms with Gasteiger partial charge in [0.05, 0.1) is 11.5 Å². The van der Waals surface area contributed by atoms with Gasteiger partial charge in [-0.15, -0.1) is 6.42 Å². The Balaban J connectivity index is 2.09. The maximum Gasteiger partial charge on any atom is 0.190 e. The van der Waals surface area contributed by atoms with Crippen molar-refractivity contribution in [2.24, 2.45) is 0 Å². The molecule has 1 aliphatic rings. The Labute approximate surface area is 141 Å². The third kappa shape index (κ3) is 3.07. The maximum absolute atomic E-state index is 12.6. The van der Waals surface area contributed by atoms with Crippen molar-refractivity contribution in [1.29, 1.82) is 0 Å². The zero-order valence-corrected chi connectivity index (χ0v) is 13.7. The van der Waals surface area contributed by atoms with E-state index in [1.54, 1.807) is 13.0 Å². The van der Waals surface area contributed by atoms with E-state index in [-0.39, 0.29) is 11.2 Å². The number of aromatic amines is 1. The summed E-state index contributed by atoms with van der Waals surface area (Å²) in [6.07, 6.45) is 10.7.